The number of amides is 1. The van der Waals surface area contributed by atoms with E-state index in [9.17, 15) is 4.79 Å². The molecular formula is C16H30N4O2. The molecule has 6 nitrogen and oxygen atoms in total. The highest BCUT2D eigenvalue weighted by molar-refractivity contribution is 5.69. The van der Waals surface area contributed by atoms with Crippen LogP contribution in [-0.2, 0) is 11.2 Å². The summed E-state index contributed by atoms with van der Waals surface area (Å²) in [5.41, 5.74) is 0.356. The van der Waals surface area contributed by atoms with Crippen LogP contribution in [-0.4, -0.2) is 51.7 Å². The number of hydrogen-bond donors (Lipinski definition) is 2. The van der Waals surface area contributed by atoms with Crippen molar-refractivity contribution < 1.29 is 9.53 Å². The van der Waals surface area contributed by atoms with Crippen molar-refractivity contribution in [3.63, 3.8) is 0 Å². The Morgan fingerprint density at radius 3 is 2.45 bits per heavy atom. The maximum Gasteiger partial charge on any atom is 0.410 e. The van der Waals surface area contributed by atoms with Gasteiger partial charge in [-0.1, -0.05) is 0 Å². The fraction of sp³-hybridized carbons (Fsp3) is 0.750. The third kappa shape index (κ3) is 6.93. The van der Waals surface area contributed by atoms with E-state index in [1.165, 1.54) is 0 Å². The zero-order valence-electron chi connectivity index (χ0n) is 14.7. The molecule has 0 radical (unpaired) electrons. The molecule has 1 aromatic rings. The minimum atomic E-state index is -0.478. The lowest BCUT2D eigenvalue weighted by molar-refractivity contribution is 0.00666. The molecule has 0 aliphatic rings. The summed E-state index contributed by atoms with van der Waals surface area (Å²) >= 11 is 0. The number of nitrogens with one attached hydrogen (secondary N) is 2. The van der Waals surface area contributed by atoms with Gasteiger partial charge in [-0.05, 0) is 41.5 Å². The highest BCUT2D eigenvalue weighted by atomic mass is 16.6. The molecule has 0 bridgehead atoms. The van der Waals surface area contributed by atoms with Gasteiger partial charge in [0.05, 0.1) is 6.33 Å². The number of nitrogens with zero attached hydrogens (tertiary/aromatic N) is 2. The molecule has 6 heteroatoms. The second kappa shape index (κ2) is 7.63. The van der Waals surface area contributed by atoms with E-state index < -0.39 is 5.60 Å². The molecule has 0 aliphatic carbocycles. The van der Waals surface area contributed by atoms with Gasteiger partial charge in [0.25, 0.3) is 0 Å². The van der Waals surface area contributed by atoms with Gasteiger partial charge in [-0.25, -0.2) is 9.78 Å². The summed E-state index contributed by atoms with van der Waals surface area (Å²) in [6.07, 6.45) is 4.13. The van der Waals surface area contributed by atoms with Crippen molar-refractivity contribution in [1.29, 1.82) is 0 Å². The quantitative estimate of drug-likeness (QED) is 0.792. The van der Waals surface area contributed by atoms with Gasteiger partial charge in [0.15, 0.2) is 0 Å². The van der Waals surface area contributed by atoms with E-state index in [0.29, 0.717) is 6.54 Å². The standard InChI is InChI=1S/C16H30N4O2/c1-15(2,3)20(14(21)22-16(4,5)6)10-9-17-8-7-13-11-18-12-19-13/h11-12,17H,7-10H2,1-6H3,(H,18,19). The van der Waals surface area contributed by atoms with Crippen LogP contribution < -0.4 is 5.32 Å². The Balaban J connectivity index is 2.40. The first-order chi connectivity index (χ1) is 10.1. The molecular weight excluding hydrogens is 280 g/mol. The lowest BCUT2D eigenvalue weighted by Gasteiger charge is -2.36. The Hall–Kier alpha value is -1.56. The maximum absolute atomic E-state index is 12.3. The molecule has 1 rings (SSSR count). The molecule has 1 heterocycles. The number of carbonyl (C=O) groups is 1. The van der Waals surface area contributed by atoms with Crippen molar-refractivity contribution in [2.45, 2.75) is 59.1 Å². The third-order valence-corrected chi connectivity index (χ3v) is 3.06. The van der Waals surface area contributed by atoms with Gasteiger partial charge in [-0.15, -0.1) is 0 Å². The number of carbonyl (C=O) groups excluding carboxylic acids is 1. The number of aromatic amines is 1. The van der Waals surface area contributed by atoms with Crippen LogP contribution >= 0.6 is 0 Å². The lowest BCUT2D eigenvalue weighted by atomic mass is 10.1. The molecule has 0 aliphatic heterocycles. The summed E-state index contributed by atoms with van der Waals surface area (Å²) < 4.78 is 5.49. The van der Waals surface area contributed by atoms with E-state index in [-0.39, 0.29) is 11.6 Å². The summed E-state index contributed by atoms with van der Waals surface area (Å²) in [7, 11) is 0. The molecule has 1 amide bonds. The summed E-state index contributed by atoms with van der Waals surface area (Å²) in [6, 6.07) is 0. The van der Waals surface area contributed by atoms with Crippen LogP contribution in [0.15, 0.2) is 12.5 Å². The fourth-order valence-corrected chi connectivity index (χ4v) is 1.98. The summed E-state index contributed by atoms with van der Waals surface area (Å²) in [5, 5.41) is 3.35. The molecule has 2 N–H and O–H groups in total. The second-order valence-corrected chi connectivity index (χ2v) is 7.38. The predicted octanol–water partition coefficient (Wildman–Crippen LogP) is 2.58. The Kier molecular flexibility index (Phi) is 6.41. The minimum Gasteiger partial charge on any atom is -0.444 e. The van der Waals surface area contributed by atoms with Crippen LogP contribution in [0.25, 0.3) is 0 Å². The summed E-state index contributed by atoms with van der Waals surface area (Å²) in [5.74, 6) is 0. The number of H-pyrrole nitrogens is 1. The van der Waals surface area contributed by atoms with Crippen LogP contribution in [0.3, 0.4) is 0 Å². The number of aromatic nitrogens is 2. The Morgan fingerprint density at radius 2 is 1.95 bits per heavy atom. The summed E-state index contributed by atoms with van der Waals surface area (Å²) in [4.78, 5) is 21.1. The molecule has 0 saturated carbocycles. The smallest absolute Gasteiger partial charge is 0.410 e. The topological polar surface area (TPSA) is 70.2 Å². The largest absolute Gasteiger partial charge is 0.444 e. The van der Waals surface area contributed by atoms with E-state index in [1.807, 2.05) is 47.7 Å². The minimum absolute atomic E-state index is 0.268. The zero-order valence-corrected chi connectivity index (χ0v) is 14.7. The Bertz CT molecular complexity index is 444. The van der Waals surface area contributed by atoms with Gasteiger partial charge in [0.2, 0.25) is 0 Å². The van der Waals surface area contributed by atoms with Gasteiger partial charge >= 0.3 is 6.09 Å². The van der Waals surface area contributed by atoms with Crippen LogP contribution in [0.4, 0.5) is 4.79 Å². The number of imidazole rings is 1. The fourth-order valence-electron chi connectivity index (χ4n) is 1.98. The van der Waals surface area contributed by atoms with E-state index in [2.05, 4.69) is 15.3 Å². The molecule has 0 saturated heterocycles. The van der Waals surface area contributed by atoms with E-state index in [4.69, 9.17) is 4.74 Å². The zero-order chi connectivity index (χ0) is 16.8. The molecule has 126 valence electrons. The SMILES string of the molecule is CC(C)(C)OC(=O)N(CCNCCc1cnc[nH]1)C(C)(C)C. The van der Waals surface area contributed by atoms with Gasteiger partial charge in [0, 0.05) is 43.5 Å². The molecule has 0 fully saturated rings. The van der Waals surface area contributed by atoms with Crippen molar-refractivity contribution in [3.05, 3.63) is 18.2 Å². The first kappa shape index (κ1) is 18.5. The number of hydrogen-bond acceptors (Lipinski definition) is 4. The van der Waals surface area contributed by atoms with Crippen LogP contribution in [0, 0.1) is 0 Å². The van der Waals surface area contributed by atoms with Gasteiger partial charge < -0.3 is 19.9 Å². The average molecular weight is 310 g/mol. The highest BCUT2D eigenvalue weighted by Gasteiger charge is 2.30. The van der Waals surface area contributed by atoms with Crippen molar-refractivity contribution >= 4 is 6.09 Å². The van der Waals surface area contributed by atoms with Crippen LogP contribution in [0.5, 0.6) is 0 Å². The van der Waals surface area contributed by atoms with E-state index in [0.717, 1.165) is 25.2 Å². The lowest BCUT2D eigenvalue weighted by Crippen LogP contribution is -2.50. The van der Waals surface area contributed by atoms with Crippen molar-refractivity contribution in [2.24, 2.45) is 0 Å². The monoisotopic (exact) mass is 310 g/mol. The van der Waals surface area contributed by atoms with Gasteiger partial charge in [0.1, 0.15) is 5.60 Å². The number of ether oxygens (including phenoxy) is 1. The second-order valence-electron chi connectivity index (χ2n) is 7.38. The maximum atomic E-state index is 12.3. The van der Waals surface area contributed by atoms with Crippen molar-refractivity contribution in [2.75, 3.05) is 19.6 Å². The number of rotatable bonds is 6. The summed E-state index contributed by atoms with van der Waals surface area (Å²) in [6.45, 7) is 13.9. The normalized spacial score (nSPS) is 12.3. The first-order valence-electron chi connectivity index (χ1n) is 7.78. The average Bonchev–Trinajstić information content (AvgIpc) is 2.82. The van der Waals surface area contributed by atoms with Crippen molar-refractivity contribution in [3.8, 4) is 0 Å². The molecule has 0 aromatic carbocycles. The highest BCUT2D eigenvalue weighted by Crippen LogP contribution is 2.17. The molecule has 1 aromatic heterocycles. The van der Waals surface area contributed by atoms with Crippen molar-refractivity contribution in [1.82, 2.24) is 20.2 Å². The third-order valence-electron chi connectivity index (χ3n) is 3.06. The first-order valence-corrected chi connectivity index (χ1v) is 7.78. The van der Waals surface area contributed by atoms with Crippen LogP contribution in [0.2, 0.25) is 0 Å². The van der Waals surface area contributed by atoms with Crippen LogP contribution in [0.1, 0.15) is 47.2 Å². The molecule has 22 heavy (non-hydrogen) atoms. The van der Waals surface area contributed by atoms with Gasteiger partial charge in [-0.3, -0.25) is 0 Å². The Labute approximate surface area is 133 Å². The predicted molar refractivity (Wildman–Crippen MR) is 87.9 cm³/mol. The molecule has 0 unspecified atom stereocenters. The molecule has 0 atom stereocenters. The Morgan fingerprint density at radius 1 is 1.27 bits per heavy atom. The van der Waals surface area contributed by atoms with Gasteiger partial charge in [-0.2, -0.15) is 0 Å². The van der Waals surface area contributed by atoms with E-state index >= 15 is 0 Å². The molecule has 0 spiro atoms. The van der Waals surface area contributed by atoms with E-state index in [1.54, 1.807) is 11.2 Å².